The van der Waals surface area contributed by atoms with Crippen molar-refractivity contribution >= 4 is 11.9 Å². The summed E-state index contributed by atoms with van der Waals surface area (Å²) in [6.45, 7) is 3.01. The second kappa shape index (κ2) is 6.70. The second-order valence-corrected chi connectivity index (χ2v) is 5.64. The zero-order chi connectivity index (χ0) is 16.2. The summed E-state index contributed by atoms with van der Waals surface area (Å²) in [6, 6.07) is 6.92. The van der Waals surface area contributed by atoms with Crippen LogP contribution in [0.2, 0.25) is 0 Å². The fraction of sp³-hybridized carbons (Fsp3) is 0.375. The molecule has 0 unspecified atom stereocenters. The van der Waals surface area contributed by atoms with E-state index in [-0.39, 0.29) is 24.5 Å². The van der Waals surface area contributed by atoms with Gasteiger partial charge in [0, 0.05) is 43.7 Å². The first-order chi connectivity index (χ1) is 11.2. The van der Waals surface area contributed by atoms with Gasteiger partial charge in [0.05, 0.1) is 6.04 Å². The van der Waals surface area contributed by atoms with E-state index in [9.17, 15) is 9.90 Å². The van der Waals surface area contributed by atoms with Gasteiger partial charge in [-0.1, -0.05) is 6.07 Å². The lowest BCUT2D eigenvalue weighted by atomic mass is 10.1. The van der Waals surface area contributed by atoms with Gasteiger partial charge in [-0.15, -0.1) is 0 Å². The molecule has 1 fully saturated rings. The standard InChI is InChI=1S/C16H19N5O2/c1-11-4-2-5-13(19-11)15(23)20-14-9-21(8-12(14)10-22)16-17-6-3-7-18-16/h2-7,12,14,22H,8-10H2,1H3,(H,20,23)/t12-,14+/m0/s1. The highest BCUT2D eigenvalue weighted by molar-refractivity contribution is 5.92. The minimum absolute atomic E-state index is 0.00444. The van der Waals surface area contributed by atoms with E-state index < -0.39 is 0 Å². The van der Waals surface area contributed by atoms with Crippen LogP contribution >= 0.6 is 0 Å². The summed E-state index contributed by atoms with van der Waals surface area (Å²) in [5.74, 6) is 0.317. The van der Waals surface area contributed by atoms with Crippen molar-refractivity contribution in [1.29, 1.82) is 0 Å². The molecule has 1 aliphatic heterocycles. The molecule has 2 N–H and O–H groups in total. The third kappa shape index (κ3) is 3.45. The number of nitrogens with zero attached hydrogens (tertiary/aromatic N) is 4. The monoisotopic (exact) mass is 313 g/mol. The van der Waals surface area contributed by atoms with E-state index in [0.29, 0.717) is 24.7 Å². The predicted molar refractivity (Wildman–Crippen MR) is 85.0 cm³/mol. The van der Waals surface area contributed by atoms with E-state index in [1.165, 1.54) is 0 Å². The van der Waals surface area contributed by atoms with Crippen LogP contribution in [0.1, 0.15) is 16.2 Å². The molecule has 3 heterocycles. The summed E-state index contributed by atoms with van der Waals surface area (Å²) >= 11 is 0. The Morgan fingerprint density at radius 3 is 2.78 bits per heavy atom. The number of anilines is 1. The van der Waals surface area contributed by atoms with Crippen LogP contribution < -0.4 is 10.2 Å². The molecule has 120 valence electrons. The summed E-state index contributed by atoms with van der Waals surface area (Å²) in [5.41, 5.74) is 1.18. The Balaban J connectivity index is 1.70. The lowest BCUT2D eigenvalue weighted by Crippen LogP contribution is -2.42. The molecular formula is C16H19N5O2. The van der Waals surface area contributed by atoms with Gasteiger partial charge in [0.15, 0.2) is 0 Å². The predicted octanol–water partition coefficient (Wildman–Crippen LogP) is 0.407. The lowest BCUT2D eigenvalue weighted by molar-refractivity contribution is 0.0916. The first kappa shape index (κ1) is 15.4. The van der Waals surface area contributed by atoms with Gasteiger partial charge in [0.25, 0.3) is 5.91 Å². The van der Waals surface area contributed by atoms with Gasteiger partial charge in [-0.2, -0.15) is 0 Å². The van der Waals surface area contributed by atoms with Crippen molar-refractivity contribution in [3.8, 4) is 0 Å². The van der Waals surface area contributed by atoms with Gasteiger partial charge in [0.1, 0.15) is 5.69 Å². The van der Waals surface area contributed by atoms with Crippen LogP contribution in [0.4, 0.5) is 5.95 Å². The van der Waals surface area contributed by atoms with Crippen molar-refractivity contribution < 1.29 is 9.90 Å². The van der Waals surface area contributed by atoms with Crippen molar-refractivity contribution in [2.24, 2.45) is 5.92 Å². The molecule has 2 aromatic heterocycles. The van der Waals surface area contributed by atoms with Gasteiger partial charge >= 0.3 is 0 Å². The van der Waals surface area contributed by atoms with Crippen LogP contribution in [0.5, 0.6) is 0 Å². The Morgan fingerprint density at radius 2 is 2.09 bits per heavy atom. The summed E-state index contributed by atoms with van der Waals surface area (Å²) in [7, 11) is 0. The normalized spacial score (nSPS) is 20.5. The van der Waals surface area contributed by atoms with Crippen LogP contribution in [0.3, 0.4) is 0 Å². The Hall–Kier alpha value is -2.54. The molecule has 0 bridgehead atoms. The van der Waals surface area contributed by atoms with Crippen LogP contribution in [0, 0.1) is 12.8 Å². The van der Waals surface area contributed by atoms with Crippen LogP contribution in [-0.2, 0) is 0 Å². The summed E-state index contributed by atoms with van der Waals surface area (Å²) in [5, 5.41) is 12.6. The molecule has 2 atom stereocenters. The van der Waals surface area contributed by atoms with E-state index in [1.54, 1.807) is 30.6 Å². The smallest absolute Gasteiger partial charge is 0.270 e. The number of hydrogen-bond acceptors (Lipinski definition) is 6. The number of aliphatic hydroxyl groups is 1. The molecule has 2 aromatic rings. The maximum absolute atomic E-state index is 12.4. The van der Waals surface area contributed by atoms with Crippen molar-refractivity contribution in [2.75, 3.05) is 24.6 Å². The highest BCUT2D eigenvalue weighted by Crippen LogP contribution is 2.20. The average Bonchev–Trinajstić information content (AvgIpc) is 2.98. The average molecular weight is 313 g/mol. The highest BCUT2D eigenvalue weighted by Gasteiger charge is 2.34. The fourth-order valence-corrected chi connectivity index (χ4v) is 2.75. The number of aromatic nitrogens is 3. The van der Waals surface area contributed by atoms with Gasteiger partial charge < -0.3 is 15.3 Å². The van der Waals surface area contributed by atoms with E-state index in [0.717, 1.165) is 5.69 Å². The molecule has 23 heavy (non-hydrogen) atoms. The van der Waals surface area contributed by atoms with Crippen LogP contribution in [0.25, 0.3) is 0 Å². The first-order valence-corrected chi connectivity index (χ1v) is 7.54. The Bertz CT molecular complexity index is 679. The van der Waals surface area contributed by atoms with Crippen LogP contribution in [0.15, 0.2) is 36.7 Å². The fourth-order valence-electron chi connectivity index (χ4n) is 2.75. The van der Waals surface area contributed by atoms with Gasteiger partial charge in [0.2, 0.25) is 5.95 Å². The van der Waals surface area contributed by atoms with Gasteiger partial charge in [-0.25, -0.2) is 15.0 Å². The molecule has 0 aliphatic carbocycles. The summed E-state index contributed by atoms with van der Waals surface area (Å²) < 4.78 is 0. The first-order valence-electron chi connectivity index (χ1n) is 7.54. The van der Waals surface area contributed by atoms with Crippen molar-refractivity contribution in [1.82, 2.24) is 20.3 Å². The number of rotatable bonds is 4. The lowest BCUT2D eigenvalue weighted by Gasteiger charge is -2.17. The molecule has 0 radical (unpaired) electrons. The number of hydrogen-bond donors (Lipinski definition) is 2. The molecule has 1 saturated heterocycles. The number of aliphatic hydroxyl groups excluding tert-OH is 1. The number of carbonyl (C=O) groups excluding carboxylic acids is 1. The quantitative estimate of drug-likeness (QED) is 0.849. The van der Waals surface area contributed by atoms with E-state index in [1.807, 2.05) is 17.9 Å². The third-order valence-electron chi connectivity index (χ3n) is 3.95. The van der Waals surface area contributed by atoms with E-state index >= 15 is 0 Å². The Kier molecular flexibility index (Phi) is 4.47. The van der Waals surface area contributed by atoms with E-state index in [4.69, 9.17) is 0 Å². The molecule has 1 amide bonds. The van der Waals surface area contributed by atoms with Gasteiger partial charge in [-0.05, 0) is 25.1 Å². The second-order valence-electron chi connectivity index (χ2n) is 5.64. The minimum Gasteiger partial charge on any atom is -0.396 e. The maximum atomic E-state index is 12.4. The zero-order valence-corrected chi connectivity index (χ0v) is 12.9. The summed E-state index contributed by atoms with van der Waals surface area (Å²) in [4.78, 5) is 27.0. The zero-order valence-electron chi connectivity index (χ0n) is 12.9. The molecule has 7 nitrogen and oxygen atoms in total. The number of nitrogens with one attached hydrogen (secondary N) is 1. The molecular weight excluding hydrogens is 294 g/mol. The summed E-state index contributed by atoms with van der Waals surface area (Å²) in [6.07, 6.45) is 3.36. The molecule has 7 heteroatoms. The Labute approximate surface area is 134 Å². The number of aryl methyl sites for hydroxylation is 1. The topological polar surface area (TPSA) is 91.2 Å². The van der Waals surface area contributed by atoms with Crippen molar-refractivity contribution in [2.45, 2.75) is 13.0 Å². The molecule has 0 spiro atoms. The third-order valence-corrected chi connectivity index (χ3v) is 3.95. The number of amides is 1. The van der Waals surface area contributed by atoms with Crippen molar-refractivity contribution in [3.05, 3.63) is 48.0 Å². The largest absolute Gasteiger partial charge is 0.396 e. The van der Waals surface area contributed by atoms with Crippen molar-refractivity contribution in [3.63, 3.8) is 0 Å². The Morgan fingerprint density at radius 1 is 1.30 bits per heavy atom. The highest BCUT2D eigenvalue weighted by atomic mass is 16.3. The maximum Gasteiger partial charge on any atom is 0.270 e. The molecule has 1 aliphatic rings. The van der Waals surface area contributed by atoms with E-state index in [2.05, 4.69) is 20.3 Å². The minimum atomic E-state index is -0.229. The molecule has 3 rings (SSSR count). The molecule has 0 aromatic carbocycles. The molecule has 0 saturated carbocycles. The number of carbonyl (C=O) groups is 1. The number of pyridine rings is 1. The SMILES string of the molecule is Cc1cccc(C(=O)N[C@@H]2CN(c3ncccn3)C[C@H]2CO)n1. The van der Waals surface area contributed by atoms with Gasteiger partial charge in [-0.3, -0.25) is 4.79 Å². The van der Waals surface area contributed by atoms with Crippen LogP contribution in [-0.4, -0.2) is 51.7 Å².